The lowest BCUT2D eigenvalue weighted by molar-refractivity contribution is 0.0964. The zero-order valence-electron chi connectivity index (χ0n) is 23.4. The van der Waals surface area contributed by atoms with E-state index in [1.54, 1.807) is 36.7 Å². The monoisotopic (exact) mass is 614 g/mol. The number of benzene rings is 2. The Labute approximate surface area is 244 Å². The number of furan rings is 1. The highest BCUT2D eigenvalue weighted by atomic mass is 32.2. The topological polar surface area (TPSA) is 130 Å². The van der Waals surface area contributed by atoms with Gasteiger partial charge in [-0.2, -0.15) is 0 Å². The number of aromatic nitrogens is 1. The molecule has 3 heterocycles. The zero-order valence-corrected chi connectivity index (χ0v) is 25.0. The fourth-order valence-electron chi connectivity index (χ4n) is 5.31. The molecule has 1 N–H and O–H groups in total. The minimum absolute atomic E-state index is 0.140. The van der Waals surface area contributed by atoms with Crippen LogP contribution in [0.4, 0.5) is 10.1 Å². The van der Waals surface area contributed by atoms with Gasteiger partial charge in [0, 0.05) is 56.6 Å². The fraction of sp³-hybridized carbons (Fsp3) is 0.310. The molecule has 1 amide bonds. The van der Waals surface area contributed by atoms with Crippen molar-refractivity contribution in [2.24, 2.45) is 0 Å². The van der Waals surface area contributed by atoms with E-state index in [2.05, 4.69) is 10.3 Å². The third-order valence-electron chi connectivity index (χ3n) is 7.55. The molecule has 0 unspecified atom stereocenters. The molecule has 1 atom stereocenters. The number of fused-ring (bicyclic) bond motifs is 1. The van der Waals surface area contributed by atoms with E-state index in [0.29, 0.717) is 47.2 Å². The lowest BCUT2D eigenvalue weighted by atomic mass is 9.89. The molecule has 0 bridgehead atoms. The largest absolute Gasteiger partial charge is 0.455 e. The van der Waals surface area contributed by atoms with Gasteiger partial charge in [0.25, 0.3) is 5.91 Å². The van der Waals surface area contributed by atoms with E-state index in [-0.39, 0.29) is 35.1 Å². The molecule has 13 heteroatoms. The minimum atomic E-state index is -3.72. The van der Waals surface area contributed by atoms with Crippen molar-refractivity contribution < 1.29 is 30.4 Å². The number of anilines is 1. The predicted molar refractivity (Wildman–Crippen MR) is 159 cm³/mol. The summed E-state index contributed by atoms with van der Waals surface area (Å²) in [6.45, 7) is 0.481. The lowest BCUT2D eigenvalue weighted by Gasteiger charge is -2.34. The molecule has 222 valence electrons. The first-order valence-electron chi connectivity index (χ1n) is 13.3. The molecule has 1 fully saturated rings. The third kappa shape index (κ3) is 5.90. The number of nitrogens with one attached hydrogen (secondary N) is 1. The van der Waals surface area contributed by atoms with Crippen molar-refractivity contribution in [3.05, 3.63) is 83.4 Å². The van der Waals surface area contributed by atoms with Crippen LogP contribution in [0.25, 0.3) is 22.3 Å². The van der Waals surface area contributed by atoms with Crippen LogP contribution < -0.4 is 9.62 Å². The van der Waals surface area contributed by atoms with Gasteiger partial charge in [-0.1, -0.05) is 0 Å². The van der Waals surface area contributed by atoms with Gasteiger partial charge in [-0.15, -0.1) is 0 Å². The minimum Gasteiger partial charge on any atom is -0.455 e. The van der Waals surface area contributed by atoms with Crippen LogP contribution in [0.3, 0.4) is 0 Å². The Hall–Kier alpha value is -3.81. The van der Waals surface area contributed by atoms with Crippen molar-refractivity contribution in [3.63, 3.8) is 0 Å². The first-order chi connectivity index (χ1) is 19.9. The van der Waals surface area contributed by atoms with Crippen molar-refractivity contribution in [1.82, 2.24) is 14.6 Å². The number of carbonyl (C=O) groups excluding carboxylic acids is 1. The molecule has 0 spiro atoms. The van der Waals surface area contributed by atoms with E-state index < -0.39 is 31.8 Å². The molecule has 4 aromatic rings. The van der Waals surface area contributed by atoms with Crippen molar-refractivity contribution in [1.29, 1.82) is 0 Å². The first-order valence-corrected chi connectivity index (χ1v) is 16.7. The van der Waals surface area contributed by atoms with Crippen molar-refractivity contribution >= 4 is 42.6 Å². The second-order valence-corrected chi connectivity index (χ2v) is 14.3. The highest BCUT2D eigenvalue weighted by molar-refractivity contribution is 7.92. The maximum atomic E-state index is 13.7. The number of sulfonamides is 2. The normalized spacial score (nSPS) is 16.4. The van der Waals surface area contributed by atoms with Crippen LogP contribution in [0, 0.1) is 5.82 Å². The van der Waals surface area contributed by atoms with E-state index >= 15 is 0 Å². The first kappa shape index (κ1) is 29.7. The highest BCUT2D eigenvalue weighted by Crippen LogP contribution is 2.42. The Morgan fingerprint density at radius 1 is 1.12 bits per heavy atom. The number of pyridine rings is 1. The number of halogens is 1. The Morgan fingerprint density at radius 3 is 2.45 bits per heavy atom. The molecule has 1 aliphatic rings. The van der Waals surface area contributed by atoms with Crippen molar-refractivity contribution in [2.45, 2.75) is 24.5 Å². The van der Waals surface area contributed by atoms with E-state index in [1.165, 1.54) is 42.7 Å². The summed E-state index contributed by atoms with van der Waals surface area (Å²) in [5, 5.41) is 3.06. The predicted octanol–water partition coefficient (Wildman–Crippen LogP) is 4.10. The van der Waals surface area contributed by atoms with Crippen LogP contribution in [-0.4, -0.2) is 65.5 Å². The maximum absolute atomic E-state index is 13.7. The quantitative estimate of drug-likeness (QED) is 0.316. The molecule has 0 saturated carbocycles. The smallest absolute Gasteiger partial charge is 0.255 e. The highest BCUT2D eigenvalue weighted by Gasteiger charge is 2.33. The Bertz CT molecular complexity index is 1840. The van der Waals surface area contributed by atoms with E-state index in [1.807, 2.05) is 0 Å². The molecule has 5 rings (SSSR count). The number of nitrogens with zero attached hydrogens (tertiary/aromatic N) is 3. The summed E-state index contributed by atoms with van der Waals surface area (Å²) < 4.78 is 74.5. The van der Waals surface area contributed by atoms with E-state index in [9.17, 15) is 26.0 Å². The van der Waals surface area contributed by atoms with Crippen molar-refractivity contribution in [3.8, 4) is 11.3 Å². The summed E-state index contributed by atoms with van der Waals surface area (Å²) in [6.07, 6.45) is 5.34. The van der Waals surface area contributed by atoms with Gasteiger partial charge in [0.1, 0.15) is 17.2 Å². The lowest BCUT2D eigenvalue weighted by Crippen LogP contribution is -2.40. The SMILES string of the molecule is CNC(=O)c1c(-c2ccc(F)cc2)oc2cc(N(C)S(C)(=O)=O)c([C@H]3CCCN(S(=O)(=O)Cc4ccncc4)C3)cc12. The molecule has 10 nitrogen and oxygen atoms in total. The Morgan fingerprint density at radius 2 is 1.81 bits per heavy atom. The summed E-state index contributed by atoms with van der Waals surface area (Å²) in [6, 6.07) is 12.1. The van der Waals surface area contributed by atoms with E-state index in [4.69, 9.17) is 4.42 Å². The number of amides is 1. The second kappa shape index (κ2) is 11.5. The number of hydrogen-bond donors (Lipinski definition) is 1. The molecular formula is C29H31FN4O6S2. The molecule has 1 aliphatic heterocycles. The summed E-state index contributed by atoms with van der Waals surface area (Å²) in [4.78, 5) is 17.1. The van der Waals surface area contributed by atoms with E-state index in [0.717, 1.165) is 10.6 Å². The van der Waals surface area contributed by atoms with Gasteiger partial charge in [-0.05, 0) is 72.4 Å². The summed E-state index contributed by atoms with van der Waals surface area (Å²) >= 11 is 0. The third-order valence-corrected chi connectivity index (χ3v) is 10.6. The molecule has 42 heavy (non-hydrogen) atoms. The van der Waals surface area contributed by atoms with Crippen LogP contribution >= 0.6 is 0 Å². The average Bonchev–Trinajstić information content (AvgIpc) is 3.34. The standard InChI is InChI=1S/C29H31FN4O6S2/c1-31-29(35)27-24-15-23(21-5-4-14-34(17-21)42(38,39)18-19-10-12-32-13-11-19)25(33(2)41(3,36)37)16-26(24)40-28(27)20-6-8-22(30)9-7-20/h6-13,15-16,21H,4-5,14,17-18H2,1-3H3,(H,31,35)/t21-/m0/s1. The van der Waals surface area contributed by atoms with Gasteiger partial charge in [-0.3, -0.25) is 14.1 Å². The number of carbonyl (C=O) groups is 1. The maximum Gasteiger partial charge on any atom is 0.255 e. The molecule has 1 saturated heterocycles. The van der Waals surface area contributed by atoms with Crippen LogP contribution in [0.5, 0.6) is 0 Å². The molecule has 2 aromatic heterocycles. The molecule has 0 aliphatic carbocycles. The number of piperidine rings is 1. The van der Waals surface area contributed by atoms with Gasteiger partial charge >= 0.3 is 0 Å². The van der Waals surface area contributed by atoms with Crippen LogP contribution in [-0.2, 0) is 25.8 Å². The van der Waals surface area contributed by atoms with Gasteiger partial charge in [0.2, 0.25) is 20.0 Å². The number of rotatable bonds is 8. The summed E-state index contributed by atoms with van der Waals surface area (Å²) in [7, 11) is -4.50. The van der Waals surface area contributed by atoms with Crippen LogP contribution in [0.1, 0.15) is 40.2 Å². The van der Waals surface area contributed by atoms with Gasteiger partial charge in [0.15, 0.2) is 0 Å². The average molecular weight is 615 g/mol. The van der Waals surface area contributed by atoms with Crippen LogP contribution in [0.2, 0.25) is 0 Å². The Kier molecular flexibility index (Phi) is 8.10. The van der Waals surface area contributed by atoms with Gasteiger partial charge in [0.05, 0.1) is 23.3 Å². The summed E-state index contributed by atoms with van der Waals surface area (Å²) in [5.74, 6) is -1.22. The Balaban J connectivity index is 1.64. The number of hydrogen-bond acceptors (Lipinski definition) is 7. The van der Waals surface area contributed by atoms with Crippen LogP contribution in [0.15, 0.2) is 65.3 Å². The zero-order chi connectivity index (χ0) is 30.2. The summed E-state index contributed by atoms with van der Waals surface area (Å²) in [5.41, 5.74) is 2.47. The molecule has 2 aromatic carbocycles. The molecule has 0 radical (unpaired) electrons. The van der Waals surface area contributed by atoms with Crippen molar-refractivity contribution in [2.75, 3.05) is 37.7 Å². The van der Waals surface area contributed by atoms with Gasteiger partial charge in [-0.25, -0.2) is 25.5 Å². The second-order valence-electron chi connectivity index (χ2n) is 10.3. The molecular weight excluding hydrogens is 583 g/mol. The van der Waals surface area contributed by atoms with Gasteiger partial charge < -0.3 is 9.73 Å². The fourth-order valence-corrected chi connectivity index (χ4v) is 7.44.